The third-order valence-electron chi connectivity index (χ3n) is 4.36. The summed E-state index contributed by atoms with van der Waals surface area (Å²) in [5, 5.41) is 21.8. The molecule has 0 saturated carbocycles. The van der Waals surface area contributed by atoms with Crippen molar-refractivity contribution in [2.75, 3.05) is 18.0 Å². The van der Waals surface area contributed by atoms with Crippen LogP contribution in [0.4, 0.5) is 5.82 Å². The predicted octanol–water partition coefficient (Wildman–Crippen LogP) is 2.07. The maximum atomic E-state index is 12.4. The number of carbonyl (C=O) groups excluding carboxylic acids is 1. The maximum Gasteiger partial charge on any atom is 0.287 e. The van der Waals surface area contributed by atoms with E-state index in [0.29, 0.717) is 30.2 Å². The van der Waals surface area contributed by atoms with Crippen LogP contribution in [-0.4, -0.2) is 40.7 Å². The van der Waals surface area contributed by atoms with Gasteiger partial charge in [0.25, 0.3) is 5.91 Å². The van der Waals surface area contributed by atoms with Crippen molar-refractivity contribution in [1.82, 2.24) is 10.3 Å². The molecule has 7 heteroatoms. The summed E-state index contributed by atoms with van der Waals surface area (Å²) in [6.45, 7) is 4.56. The van der Waals surface area contributed by atoms with Gasteiger partial charge >= 0.3 is 0 Å². The second-order valence-electron chi connectivity index (χ2n) is 7.19. The third kappa shape index (κ3) is 4.91. The summed E-state index contributed by atoms with van der Waals surface area (Å²) < 4.78 is 5.45. The molecule has 1 amide bonds. The lowest BCUT2D eigenvalue weighted by molar-refractivity contribution is 0.0902. The highest BCUT2D eigenvalue weighted by Gasteiger charge is 2.24. The molecule has 1 fully saturated rings. The molecule has 0 aliphatic carbocycles. The molecule has 2 N–H and O–H groups in total. The van der Waals surface area contributed by atoms with Crippen molar-refractivity contribution in [3.63, 3.8) is 0 Å². The summed E-state index contributed by atoms with van der Waals surface area (Å²) in [5.74, 6) is 6.29. The predicted molar refractivity (Wildman–Crippen MR) is 104 cm³/mol. The minimum absolute atomic E-state index is 0.0222. The summed E-state index contributed by atoms with van der Waals surface area (Å²) in [7, 11) is 0. The monoisotopic (exact) mass is 378 g/mol. The maximum absolute atomic E-state index is 12.4. The molecule has 28 heavy (non-hydrogen) atoms. The Morgan fingerprint density at radius 2 is 2.11 bits per heavy atom. The first-order chi connectivity index (χ1) is 13.4. The van der Waals surface area contributed by atoms with Crippen molar-refractivity contribution >= 4 is 11.7 Å². The number of furan rings is 1. The van der Waals surface area contributed by atoms with E-state index in [1.54, 1.807) is 44.3 Å². The van der Waals surface area contributed by atoms with Crippen LogP contribution in [0.1, 0.15) is 48.6 Å². The number of aromatic nitrogens is 1. The van der Waals surface area contributed by atoms with Crippen molar-refractivity contribution in [3.8, 4) is 17.9 Å². The molecular formula is C21H22N4O3. The van der Waals surface area contributed by atoms with E-state index in [1.807, 2.05) is 0 Å². The average Bonchev–Trinajstić information content (AvgIpc) is 3.16. The van der Waals surface area contributed by atoms with Crippen LogP contribution in [0.15, 0.2) is 34.9 Å². The van der Waals surface area contributed by atoms with Crippen molar-refractivity contribution in [1.29, 1.82) is 5.26 Å². The van der Waals surface area contributed by atoms with E-state index in [0.717, 1.165) is 12.8 Å². The molecule has 0 unspecified atom stereocenters. The Hall–Kier alpha value is -3.29. The number of rotatable bonds is 3. The molecule has 7 nitrogen and oxygen atoms in total. The number of anilines is 1. The van der Waals surface area contributed by atoms with Crippen LogP contribution < -0.4 is 10.2 Å². The Morgan fingerprint density at radius 3 is 2.79 bits per heavy atom. The molecule has 3 heterocycles. The molecule has 0 aromatic carbocycles. The molecule has 1 saturated heterocycles. The quantitative estimate of drug-likeness (QED) is 0.793. The van der Waals surface area contributed by atoms with Crippen LogP contribution in [0.3, 0.4) is 0 Å². The van der Waals surface area contributed by atoms with Crippen LogP contribution >= 0.6 is 0 Å². The number of nitriles is 1. The number of nitrogens with zero attached hydrogens (tertiary/aromatic N) is 3. The first-order valence-corrected chi connectivity index (χ1v) is 9.12. The van der Waals surface area contributed by atoms with E-state index >= 15 is 0 Å². The molecule has 0 atom stereocenters. The zero-order valence-corrected chi connectivity index (χ0v) is 15.9. The zero-order chi connectivity index (χ0) is 20.1. The molecule has 1 aliphatic rings. The van der Waals surface area contributed by atoms with Gasteiger partial charge in [0.1, 0.15) is 17.5 Å². The summed E-state index contributed by atoms with van der Waals surface area (Å²) in [4.78, 5) is 18.8. The van der Waals surface area contributed by atoms with Gasteiger partial charge in [0.15, 0.2) is 11.5 Å². The van der Waals surface area contributed by atoms with Crippen molar-refractivity contribution in [2.24, 2.45) is 0 Å². The number of carbonyl (C=O) groups is 1. The zero-order valence-electron chi connectivity index (χ0n) is 15.9. The van der Waals surface area contributed by atoms with E-state index in [4.69, 9.17) is 4.42 Å². The van der Waals surface area contributed by atoms with Gasteiger partial charge in [0.05, 0.1) is 5.56 Å². The van der Waals surface area contributed by atoms with Gasteiger partial charge in [0.2, 0.25) is 0 Å². The van der Waals surface area contributed by atoms with E-state index in [9.17, 15) is 15.2 Å². The first kappa shape index (κ1) is 19.5. The molecule has 2 aromatic rings. The molecule has 3 rings (SSSR count). The molecular weight excluding hydrogens is 356 g/mol. The van der Waals surface area contributed by atoms with Gasteiger partial charge in [0, 0.05) is 25.3 Å². The second kappa shape index (κ2) is 8.16. The van der Waals surface area contributed by atoms with Gasteiger partial charge in [-0.3, -0.25) is 4.79 Å². The number of nitrogens with one attached hydrogen (secondary N) is 1. The molecule has 0 radical (unpaired) electrons. The van der Waals surface area contributed by atoms with Crippen LogP contribution in [0.25, 0.3) is 0 Å². The number of hydrogen-bond donors (Lipinski definition) is 2. The van der Waals surface area contributed by atoms with Crippen LogP contribution in [0, 0.1) is 23.2 Å². The fourth-order valence-electron chi connectivity index (χ4n) is 2.97. The Labute approximate surface area is 164 Å². The Kier molecular flexibility index (Phi) is 5.67. The molecule has 1 aliphatic heterocycles. The lowest BCUT2D eigenvalue weighted by Gasteiger charge is -2.33. The van der Waals surface area contributed by atoms with E-state index in [2.05, 4.69) is 33.1 Å². The molecule has 144 valence electrons. The normalized spacial score (nSPS) is 14.7. The summed E-state index contributed by atoms with van der Waals surface area (Å²) in [6, 6.07) is 8.88. The lowest BCUT2D eigenvalue weighted by Crippen LogP contribution is -2.45. The minimum atomic E-state index is -1.12. The Bertz CT molecular complexity index is 948. The van der Waals surface area contributed by atoms with Crippen molar-refractivity contribution in [3.05, 3.63) is 47.5 Å². The van der Waals surface area contributed by atoms with E-state index in [-0.39, 0.29) is 17.7 Å². The van der Waals surface area contributed by atoms with Crippen LogP contribution in [0.5, 0.6) is 0 Å². The van der Waals surface area contributed by atoms with Crippen LogP contribution in [-0.2, 0) is 0 Å². The van der Waals surface area contributed by atoms with E-state index in [1.165, 1.54) is 0 Å². The fourth-order valence-corrected chi connectivity index (χ4v) is 2.97. The lowest BCUT2D eigenvalue weighted by atomic mass is 10.0. The summed E-state index contributed by atoms with van der Waals surface area (Å²) in [6.07, 6.45) is 3.18. The number of amides is 1. The van der Waals surface area contributed by atoms with Gasteiger partial charge in [-0.1, -0.05) is 5.92 Å². The van der Waals surface area contributed by atoms with Gasteiger partial charge < -0.3 is 19.7 Å². The molecule has 0 bridgehead atoms. The van der Waals surface area contributed by atoms with Gasteiger partial charge in [-0.05, 0) is 56.9 Å². The molecule has 0 spiro atoms. The Morgan fingerprint density at radius 1 is 1.36 bits per heavy atom. The Balaban J connectivity index is 1.56. The summed E-state index contributed by atoms with van der Waals surface area (Å²) in [5.41, 5.74) is -0.567. The number of hydrogen-bond acceptors (Lipinski definition) is 6. The summed E-state index contributed by atoms with van der Waals surface area (Å²) >= 11 is 0. The van der Waals surface area contributed by atoms with Crippen molar-refractivity contribution < 1.29 is 14.3 Å². The largest absolute Gasteiger partial charge is 0.443 e. The SMILES string of the molecule is CC(C)(O)C#Cc1ccc(C(=O)NC2CCN(c3ncccc3C#N)CC2)o1. The number of piperidine rings is 1. The standard InChI is InChI=1S/C21H22N4O3/c1-21(2,27)10-7-17-5-6-18(28-17)20(26)24-16-8-12-25(13-9-16)19-15(14-22)4-3-11-23-19/h3-6,11,16,27H,8-9,12-13H2,1-2H3,(H,24,26). The van der Waals surface area contributed by atoms with Crippen molar-refractivity contribution in [2.45, 2.75) is 38.3 Å². The smallest absolute Gasteiger partial charge is 0.287 e. The molecule has 2 aromatic heterocycles. The highest BCUT2D eigenvalue weighted by Crippen LogP contribution is 2.21. The fraction of sp³-hybridized carbons (Fsp3) is 0.381. The number of aliphatic hydroxyl groups is 1. The topological polar surface area (TPSA) is 102 Å². The average molecular weight is 378 g/mol. The van der Waals surface area contributed by atoms with Gasteiger partial charge in [-0.15, -0.1) is 0 Å². The van der Waals surface area contributed by atoms with E-state index < -0.39 is 5.60 Å². The highest BCUT2D eigenvalue weighted by atomic mass is 16.3. The van der Waals surface area contributed by atoms with Gasteiger partial charge in [-0.25, -0.2) is 4.98 Å². The number of pyridine rings is 1. The van der Waals surface area contributed by atoms with Gasteiger partial charge in [-0.2, -0.15) is 5.26 Å². The first-order valence-electron chi connectivity index (χ1n) is 9.12. The highest BCUT2D eigenvalue weighted by molar-refractivity contribution is 5.91. The third-order valence-corrected chi connectivity index (χ3v) is 4.36. The second-order valence-corrected chi connectivity index (χ2v) is 7.19. The minimum Gasteiger partial charge on any atom is -0.443 e. The van der Waals surface area contributed by atoms with Crippen LogP contribution in [0.2, 0.25) is 0 Å².